The van der Waals surface area contributed by atoms with Crippen molar-refractivity contribution in [3.63, 3.8) is 0 Å². The molecule has 100 valence electrons. The molecule has 18 heavy (non-hydrogen) atoms. The van der Waals surface area contributed by atoms with Gasteiger partial charge in [-0.2, -0.15) is 25.3 Å². The lowest BCUT2D eigenvalue weighted by atomic mass is 10.3. The molecule has 2 nitrogen and oxygen atoms in total. The maximum Gasteiger partial charge on any atom is 0.0308 e. The molecule has 0 amide bonds. The van der Waals surface area contributed by atoms with Crippen molar-refractivity contribution < 1.29 is 0 Å². The third kappa shape index (κ3) is 8.97. The summed E-state index contributed by atoms with van der Waals surface area (Å²) in [7, 11) is 0. The molecule has 2 rings (SSSR count). The molecule has 0 aromatic carbocycles. The van der Waals surface area contributed by atoms with Crippen molar-refractivity contribution in [1.82, 2.24) is 9.97 Å². The Morgan fingerprint density at radius 1 is 0.778 bits per heavy atom. The first kappa shape index (κ1) is 20.3. The molecular formula is C12H16Br2N2S2. The van der Waals surface area contributed by atoms with E-state index in [2.05, 4.69) is 35.2 Å². The Morgan fingerprint density at radius 2 is 1.17 bits per heavy atom. The molecule has 0 aliphatic carbocycles. The highest BCUT2D eigenvalue weighted by atomic mass is 79.9. The Kier molecular flexibility index (Phi) is 15.1. The van der Waals surface area contributed by atoms with Crippen LogP contribution in [0.15, 0.2) is 49.1 Å². The van der Waals surface area contributed by atoms with Crippen molar-refractivity contribution in [3.8, 4) is 0 Å². The van der Waals surface area contributed by atoms with Gasteiger partial charge in [-0.15, -0.1) is 34.0 Å². The van der Waals surface area contributed by atoms with Crippen LogP contribution in [0.5, 0.6) is 0 Å². The number of thiol groups is 2. The highest BCUT2D eigenvalue weighted by molar-refractivity contribution is 8.93. The fourth-order valence-electron chi connectivity index (χ4n) is 0.983. The summed E-state index contributed by atoms with van der Waals surface area (Å²) in [6, 6.07) is 7.82. The summed E-state index contributed by atoms with van der Waals surface area (Å²) in [6.07, 6.45) is 7.14. The smallest absolute Gasteiger partial charge is 0.0308 e. The van der Waals surface area contributed by atoms with Crippen LogP contribution >= 0.6 is 59.2 Å². The lowest BCUT2D eigenvalue weighted by Gasteiger charge is -1.88. The predicted molar refractivity (Wildman–Crippen MR) is 94.5 cm³/mol. The first-order valence-electron chi connectivity index (χ1n) is 4.86. The second-order valence-corrected chi connectivity index (χ2v) is 3.67. The number of aromatic nitrogens is 2. The molecule has 0 saturated heterocycles. The molecule has 0 fully saturated rings. The monoisotopic (exact) mass is 410 g/mol. The first-order valence-corrected chi connectivity index (χ1v) is 6.13. The van der Waals surface area contributed by atoms with Crippen LogP contribution in [0.3, 0.4) is 0 Å². The van der Waals surface area contributed by atoms with Gasteiger partial charge >= 0.3 is 0 Å². The Morgan fingerprint density at radius 3 is 1.33 bits per heavy atom. The van der Waals surface area contributed by atoms with E-state index in [-0.39, 0.29) is 34.0 Å². The van der Waals surface area contributed by atoms with Crippen molar-refractivity contribution >= 4 is 59.2 Å². The lowest BCUT2D eigenvalue weighted by Crippen LogP contribution is -1.75. The zero-order valence-electron chi connectivity index (χ0n) is 9.64. The molecule has 6 heteroatoms. The van der Waals surface area contributed by atoms with E-state index in [1.807, 2.05) is 36.7 Å². The number of hydrogen-bond donors (Lipinski definition) is 2. The summed E-state index contributed by atoms with van der Waals surface area (Å²) in [4.78, 5) is 7.81. The van der Waals surface area contributed by atoms with Gasteiger partial charge in [0.05, 0.1) is 0 Å². The van der Waals surface area contributed by atoms with E-state index in [0.29, 0.717) is 0 Å². The lowest BCUT2D eigenvalue weighted by molar-refractivity contribution is 1.26. The van der Waals surface area contributed by atoms with E-state index in [1.54, 1.807) is 12.4 Å². The predicted octanol–water partition coefficient (Wildman–Crippen LogP) is 4.18. The second kappa shape index (κ2) is 13.4. The van der Waals surface area contributed by atoms with E-state index in [1.165, 1.54) is 0 Å². The van der Waals surface area contributed by atoms with Gasteiger partial charge in [-0.3, -0.25) is 9.97 Å². The second-order valence-electron chi connectivity index (χ2n) is 3.04. The molecule has 2 aromatic heterocycles. The molecule has 0 bridgehead atoms. The average Bonchev–Trinajstić information content (AvgIpc) is 2.41. The van der Waals surface area contributed by atoms with Gasteiger partial charge in [0.25, 0.3) is 0 Å². The largest absolute Gasteiger partial charge is 0.264 e. The quantitative estimate of drug-likeness (QED) is 0.724. The summed E-state index contributed by atoms with van der Waals surface area (Å²) in [5, 5.41) is 0. The Bertz CT molecular complexity index is 348. The fraction of sp³-hybridized carbons (Fsp3) is 0.167. The summed E-state index contributed by atoms with van der Waals surface area (Å²) >= 11 is 8.14. The van der Waals surface area contributed by atoms with Crippen LogP contribution in [-0.2, 0) is 11.5 Å². The van der Waals surface area contributed by atoms with Crippen LogP contribution in [0.25, 0.3) is 0 Å². The van der Waals surface area contributed by atoms with Crippen molar-refractivity contribution in [2.24, 2.45) is 0 Å². The molecular weight excluding hydrogens is 396 g/mol. The molecule has 0 N–H and O–H groups in total. The number of hydrogen-bond acceptors (Lipinski definition) is 4. The summed E-state index contributed by atoms with van der Waals surface area (Å²) in [6.45, 7) is 0. The summed E-state index contributed by atoms with van der Waals surface area (Å²) < 4.78 is 0. The molecule has 0 radical (unpaired) electrons. The Hall–Kier alpha value is -0.0400. The topological polar surface area (TPSA) is 25.8 Å². The van der Waals surface area contributed by atoms with Crippen molar-refractivity contribution in [1.29, 1.82) is 0 Å². The third-order valence-electron chi connectivity index (χ3n) is 1.81. The zero-order chi connectivity index (χ0) is 11.6. The molecule has 0 atom stereocenters. The van der Waals surface area contributed by atoms with E-state index >= 15 is 0 Å². The molecule has 0 aliphatic rings. The van der Waals surface area contributed by atoms with Crippen LogP contribution in [0.2, 0.25) is 0 Å². The van der Waals surface area contributed by atoms with Gasteiger partial charge in [0, 0.05) is 36.3 Å². The van der Waals surface area contributed by atoms with Gasteiger partial charge in [-0.1, -0.05) is 12.1 Å². The minimum atomic E-state index is 0. The van der Waals surface area contributed by atoms with Gasteiger partial charge in [-0.05, 0) is 23.3 Å². The molecule has 2 heterocycles. The van der Waals surface area contributed by atoms with Crippen molar-refractivity contribution in [3.05, 3.63) is 60.2 Å². The van der Waals surface area contributed by atoms with E-state index in [9.17, 15) is 0 Å². The minimum absolute atomic E-state index is 0. The van der Waals surface area contributed by atoms with Gasteiger partial charge in [0.2, 0.25) is 0 Å². The molecule has 0 aliphatic heterocycles. The Labute approximate surface area is 140 Å². The number of pyridine rings is 2. The normalized spacial score (nSPS) is 8.11. The van der Waals surface area contributed by atoms with E-state index in [0.717, 1.165) is 22.6 Å². The number of nitrogens with zero attached hydrogens (tertiary/aromatic N) is 2. The minimum Gasteiger partial charge on any atom is -0.264 e. The van der Waals surface area contributed by atoms with Gasteiger partial charge in [0.15, 0.2) is 0 Å². The maximum atomic E-state index is 4.07. The Balaban J connectivity index is 0. The van der Waals surface area contributed by atoms with Crippen LogP contribution in [0.4, 0.5) is 0 Å². The maximum absolute atomic E-state index is 4.07. The van der Waals surface area contributed by atoms with Crippen LogP contribution in [0.1, 0.15) is 11.1 Å². The van der Waals surface area contributed by atoms with Gasteiger partial charge in [-0.25, -0.2) is 0 Å². The fourth-order valence-corrected chi connectivity index (χ4v) is 1.36. The van der Waals surface area contributed by atoms with Gasteiger partial charge in [0.1, 0.15) is 0 Å². The highest BCUT2D eigenvalue weighted by Gasteiger charge is 1.82. The molecule has 2 aromatic rings. The highest BCUT2D eigenvalue weighted by Crippen LogP contribution is 1.98. The number of rotatable bonds is 2. The van der Waals surface area contributed by atoms with Crippen molar-refractivity contribution in [2.45, 2.75) is 11.5 Å². The standard InChI is InChI=1S/2C6H7NS.2BrH/c2*8-5-6-2-1-3-7-4-6;;/h2*1-4,8H,5H2;2*1H. The first-order chi connectivity index (χ1) is 7.86. The zero-order valence-corrected chi connectivity index (χ0v) is 14.9. The average molecular weight is 412 g/mol. The molecule has 0 unspecified atom stereocenters. The van der Waals surface area contributed by atoms with Crippen LogP contribution < -0.4 is 0 Å². The van der Waals surface area contributed by atoms with E-state index in [4.69, 9.17) is 0 Å². The van der Waals surface area contributed by atoms with Crippen molar-refractivity contribution in [2.75, 3.05) is 0 Å². The van der Waals surface area contributed by atoms with Crippen LogP contribution in [0, 0.1) is 0 Å². The third-order valence-corrected chi connectivity index (χ3v) is 2.54. The SMILES string of the molecule is Br.Br.SCc1cccnc1.SCc1cccnc1. The van der Waals surface area contributed by atoms with Crippen LogP contribution in [-0.4, -0.2) is 9.97 Å². The van der Waals surface area contributed by atoms with Gasteiger partial charge < -0.3 is 0 Å². The molecule has 0 saturated carbocycles. The van der Waals surface area contributed by atoms with E-state index < -0.39 is 0 Å². The summed E-state index contributed by atoms with van der Waals surface area (Å²) in [5.41, 5.74) is 2.33. The summed E-state index contributed by atoms with van der Waals surface area (Å²) in [5.74, 6) is 1.54. The molecule has 0 spiro atoms. The number of halogens is 2.